The van der Waals surface area contributed by atoms with Crippen LogP contribution in [0.3, 0.4) is 0 Å². The van der Waals surface area contributed by atoms with Gasteiger partial charge < -0.3 is 20.0 Å². The van der Waals surface area contributed by atoms with Crippen LogP contribution in [0, 0.1) is 40.3 Å². The van der Waals surface area contributed by atoms with Gasteiger partial charge in [-0.25, -0.2) is 0 Å². The SMILES string of the molecule is CC1=CC(C)(C)N2C(=O)C(c3[nH]c(=S)[nH]c3O)(C(C#N)C#N)c3cc(C)cc1c32. The van der Waals surface area contributed by atoms with Gasteiger partial charge in [0.25, 0.3) is 0 Å². The van der Waals surface area contributed by atoms with E-state index in [0.29, 0.717) is 11.3 Å². The van der Waals surface area contributed by atoms with Crippen LogP contribution in [-0.2, 0) is 10.2 Å². The summed E-state index contributed by atoms with van der Waals surface area (Å²) in [5, 5.41) is 30.3. The Kier molecular flexibility index (Phi) is 3.81. The lowest BCUT2D eigenvalue weighted by Crippen LogP contribution is -2.53. The van der Waals surface area contributed by atoms with Gasteiger partial charge in [0, 0.05) is 11.1 Å². The number of benzene rings is 1. The largest absolute Gasteiger partial charge is 0.493 e. The molecule has 29 heavy (non-hydrogen) atoms. The van der Waals surface area contributed by atoms with Crippen molar-refractivity contribution >= 4 is 29.4 Å². The number of anilines is 1. The maximum atomic E-state index is 14.1. The predicted molar refractivity (Wildman–Crippen MR) is 110 cm³/mol. The number of aromatic hydroxyl groups is 1. The van der Waals surface area contributed by atoms with Crippen LogP contribution < -0.4 is 4.90 Å². The van der Waals surface area contributed by atoms with E-state index in [4.69, 9.17) is 12.2 Å². The molecule has 4 rings (SSSR count). The second-order valence-electron chi connectivity index (χ2n) is 8.13. The Bertz CT molecular complexity index is 1240. The summed E-state index contributed by atoms with van der Waals surface area (Å²) in [4.78, 5) is 21.1. The zero-order chi connectivity index (χ0) is 21.3. The number of aromatic nitrogens is 2. The third-order valence-corrected chi connectivity index (χ3v) is 6.01. The highest BCUT2D eigenvalue weighted by molar-refractivity contribution is 7.71. The van der Waals surface area contributed by atoms with E-state index < -0.39 is 22.8 Å². The number of allylic oxidation sites excluding steroid dienone is 1. The fourth-order valence-electron chi connectivity index (χ4n) is 4.78. The molecule has 0 aliphatic carbocycles. The Morgan fingerprint density at radius 2 is 1.86 bits per heavy atom. The molecule has 2 aromatic rings. The molecule has 0 saturated heterocycles. The molecule has 1 atom stereocenters. The molecule has 146 valence electrons. The van der Waals surface area contributed by atoms with Gasteiger partial charge in [-0.1, -0.05) is 17.7 Å². The van der Waals surface area contributed by atoms with Crippen molar-refractivity contribution in [2.75, 3.05) is 4.90 Å². The summed E-state index contributed by atoms with van der Waals surface area (Å²) >= 11 is 5.12. The van der Waals surface area contributed by atoms with E-state index in [1.54, 1.807) is 4.90 Å². The van der Waals surface area contributed by atoms with Gasteiger partial charge in [0.05, 0.1) is 23.4 Å². The number of aryl methyl sites for hydroxylation is 1. The highest BCUT2D eigenvalue weighted by Gasteiger charge is 2.63. The van der Waals surface area contributed by atoms with Crippen LogP contribution in [0.5, 0.6) is 5.88 Å². The van der Waals surface area contributed by atoms with E-state index in [2.05, 4.69) is 9.97 Å². The summed E-state index contributed by atoms with van der Waals surface area (Å²) in [6, 6.07) is 7.76. The molecule has 0 spiro atoms. The van der Waals surface area contributed by atoms with Crippen LogP contribution in [0.4, 0.5) is 5.69 Å². The summed E-state index contributed by atoms with van der Waals surface area (Å²) in [5.74, 6) is -2.17. The number of amides is 1. The molecule has 2 aliphatic rings. The maximum Gasteiger partial charge on any atom is 0.247 e. The average molecular weight is 405 g/mol. The number of hydrogen-bond donors (Lipinski definition) is 3. The molecule has 3 heterocycles. The molecule has 8 heteroatoms. The van der Waals surface area contributed by atoms with Crippen molar-refractivity contribution in [1.29, 1.82) is 10.5 Å². The summed E-state index contributed by atoms with van der Waals surface area (Å²) in [6.07, 6.45) is 2.00. The van der Waals surface area contributed by atoms with E-state index in [-0.39, 0.29) is 16.3 Å². The summed E-state index contributed by atoms with van der Waals surface area (Å²) in [6.45, 7) is 7.69. The van der Waals surface area contributed by atoms with E-state index in [1.807, 2.05) is 58.0 Å². The Hall–Kier alpha value is -3.36. The van der Waals surface area contributed by atoms with Crippen LogP contribution >= 0.6 is 12.2 Å². The smallest absolute Gasteiger partial charge is 0.247 e. The minimum Gasteiger partial charge on any atom is -0.493 e. The second-order valence-corrected chi connectivity index (χ2v) is 8.54. The fourth-order valence-corrected chi connectivity index (χ4v) is 4.98. The normalized spacial score (nSPS) is 21.6. The number of carbonyl (C=O) groups excluding carboxylic acids is 1. The molecule has 0 saturated carbocycles. The minimum atomic E-state index is -1.73. The molecule has 1 aromatic heterocycles. The van der Waals surface area contributed by atoms with Crippen LogP contribution in [0.15, 0.2) is 18.2 Å². The van der Waals surface area contributed by atoms with E-state index in [1.165, 1.54) is 0 Å². The quantitative estimate of drug-likeness (QED) is 0.660. The summed E-state index contributed by atoms with van der Waals surface area (Å²) in [7, 11) is 0. The van der Waals surface area contributed by atoms with Crippen molar-refractivity contribution in [2.24, 2.45) is 5.92 Å². The van der Waals surface area contributed by atoms with Crippen molar-refractivity contribution in [2.45, 2.75) is 38.6 Å². The number of imidazole rings is 1. The molecule has 1 amide bonds. The Labute approximate surface area is 172 Å². The van der Waals surface area contributed by atoms with Gasteiger partial charge in [0.15, 0.2) is 16.1 Å². The predicted octanol–water partition coefficient (Wildman–Crippen LogP) is 3.58. The van der Waals surface area contributed by atoms with Gasteiger partial charge in [0.1, 0.15) is 5.69 Å². The molecule has 7 nitrogen and oxygen atoms in total. The van der Waals surface area contributed by atoms with Crippen molar-refractivity contribution in [1.82, 2.24) is 9.97 Å². The first kappa shape index (κ1) is 19.0. The first-order valence-electron chi connectivity index (χ1n) is 9.10. The van der Waals surface area contributed by atoms with E-state index >= 15 is 0 Å². The standard InChI is InChI=1S/C21H19N5O2S/c1-10-5-13-11(2)7-20(3,4)26-15(13)14(6-10)21(18(26)28,12(8-22)9-23)16-17(27)25-19(29)24-16/h5-7,12,27H,1-4H3,(H2,24,25,29). The lowest BCUT2D eigenvalue weighted by atomic mass is 9.69. The number of hydrogen-bond acceptors (Lipinski definition) is 5. The molecule has 0 fully saturated rings. The Morgan fingerprint density at radius 1 is 1.21 bits per heavy atom. The van der Waals surface area contributed by atoms with Gasteiger partial charge in [-0.2, -0.15) is 10.5 Å². The number of H-pyrrole nitrogens is 2. The van der Waals surface area contributed by atoms with Gasteiger partial charge >= 0.3 is 0 Å². The number of nitriles is 2. The van der Waals surface area contributed by atoms with E-state index in [0.717, 1.165) is 16.7 Å². The Morgan fingerprint density at radius 3 is 2.41 bits per heavy atom. The summed E-state index contributed by atoms with van der Waals surface area (Å²) in [5.41, 5.74) is 1.58. The zero-order valence-corrected chi connectivity index (χ0v) is 17.2. The van der Waals surface area contributed by atoms with Gasteiger partial charge in [-0.05, 0) is 51.6 Å². The molecule has 3 N–H and O–H groups in total. The number of aromatic amines is 2. The molecule has 0 bridgehead atoms. The van der Waals surface area contributed by atoms with Gasteiger partial charge in [-0.3, -0.25) is 4.79 Å². The lowest BCUT2D eigenvalue weighted by molar-refractivity contribution is -0.123. The number of rotatable bonds is 2. The third kappa shape index (κ3) is 2.21. The van der Waals surface area contributed by atoms with Crippen LogP contribution in [-0.4, -0.2) is 26.5 Å². The number of nitrogens with one attached hydrogen (secondary N) is 2. The zero-order valence-electron chi connectivity index (χ0n) is 16.4. The highest BCUT2D eigenvalue weighted by atomic mass is 32.1. The third-order valence-electron chi connectivity index (χ3n) is 5.81. The van der Waals surface area contributed by atoms with Crippen molar-refractivity contribution in [3.05, 3.63) is 45.4 Å². The van der Waals surface area contributed by atoms with Crippen LogP contribution in [0.2, 0.25) is 0 Å². The monoisotopic (exact) mass is 405 g/mol. The minimum absolute atomic E-state index is 0.0382. The van der Waals surface area contributed by atoms with Crippen molar-refractivity contribution < 1.29 is 9.90 Å². The Balaban J connectivity index is 2.23. The van der Waals surface area contributed by atoms with Gasteiger partial charge in [-0.15, -0.1) is 0 Å². The molecule has 2 aliphatic heterocycles. The van der Waals surface area contributed by atoms with E-state index in [9.17, 15) is 20.4 Å². The number of carbonyl (C=O) groups is 1. The second kappa shape index (κ2) is 5.82. The summed E-state index contributed by atoms with van der Waals surface area (Å²) < 4.78 is 0.107. The van der Waals surface area contributed by atoms with Crippen molar-refractivity contribution in [3.8, 4) is 18.0 Å². The first-order valence-corrected chi connectivity index (χ1v) is 9.51. The number of nitrogens with zero attached hydrogens (tertiary/aromatic N) is 3. The van der Waals surface area contributed by atoms with Gasteiger partial charge in [0.2, 0.25) is 11.8 Å². The molecular formula is C21H19N5O2S. The topological polar surface area (TPSA) is 120 Å². The average Bonchev–Trinajstić information content (AvgIpc) is 3.09. The van der Waals surface area contributed by atoms with Crippen LogP contribution in [0.25, 0.3) is 5.57 Å². The highest BCUT2D eigenvalue weighted by Crippen LogP contribution is 2.57. The molecule has 1 unspecified atom stereocenters. The molecule has 1 aromatic carbocycles. The maximum absolute atomic E-state index is 14.1. The molecular weight excluding hydrogens is 386 g/mol. The van der Waals surface area contributed by atoms with Crippen LogP contribution in [0.1, 0.15) is 43.2 Å². The molecule has 0 radical (unpaired) electrons. The fraction of sp³-hybridized carbons (Fsp3) is 0.333. The van der Waals surface area contributed by atoms with Crippen molar-refractivity contribution in [3.63, 3.8) is 0 Å². The first-order chi connectivity index (χ1) is 13.6. The lowest BCUT2D eigenvalue weighted by Gasteiger charge is -2.39.